The van der Waals surface area contributed by atoms with E-state index < -0.39 is 0 Å². The van der Waals surface area contributed by atoms with Crippen LogP contribution in [0.5, 0.6) is 0 Å². The Bertz CT molecular complexity index is 71.5. The third-order valence-electron chi connectivity index (χ3n) is 1.43. The standard InChI is InChI=1S/C6H13NOS/c1-9-6-4-7-2-3-8-5-6/h6-7H,2-5H2,1H3/t6-/m1/s1. The van der Waals surface area contributed by atoms with Gasteiger partial charge in [0.15, 0.2) is 0 Å². The minimum Gasteiger partial charge on any atom is -0.379 e. The normalized spacial score (nSPS) is 29.7. The van der Waals surface area contributed by atoms with E-state index in [-0.39, 0.29) is 0 Å². The maximum atomic E-state index is 5.31. The van der Waals surface area contributed by atoms with Crippen molar-refractivity contribution in [1.29, 1.82) is 0 Å². The molecule has 1 N–H and O–H groups in total. The fourth-order valence-electron chi connectivity index (χ4n) is 0.832. The number of hydrogen-bond donors (Lipinski definition) is 1. The summed E-state index contributed by atoms with van der Waals surface area (Å²) in [6.07, 6.45) is 2.13. The smallest absolute Gasteiger partial charge is 0.0597 e. The highest BCUT2D eigenvalue weighted by atomic mass is 32.2. The molecule has 0 aromatic rings. The van der Waals surface area contributed by atoms with Crippen LogP contribution in [0.1, 0.15) is 0 Å². The molecule has 2 nitrogen and oxygen atoms in total. The van der Waals surface area contributed by atoms with E-state index in [1.54, 1.807) is 0 Å². The molecule has 1 fully saturated rings. The first-order chi connectivity index (χ1) is 4.43. The van der Waals surface area contributed by atoms with Gasteiger partial charge in [-0.2, -0.15) is 11.8 Å². The van der Waals surface area contributed by atoms with Gasteiger partial charge in [0, 0.05) is 18.3 Å². The largest absolute Gasteiger partial charge is 0.379 e. The maximum absolute atomic E-state index is 5.31. The van der Waals surface area contributed by atoms with E-state index in [1.807, 2.05) is 11.8 Å². The molecular formula is C6H13NOS. The van der Waals surface area contributed by atoms with E-state index in [9.17, 15) is 0 Å². The van der Waals surface area contributed by atoms with E-state index in [4.69, 9.17) is 4.74 Å². The van der Waals surface area contributed by atoms with Gasteiger partial charge in [-0.3, -0.25) is 0 Å². The molecule has 54 valence electrons. The van der Waals surface area contributed by atoms with Crippen molar-refractivity contribution in [2.75, 3.05) is 32.6 Å². The van der Waals surface area contributed by atoms with Crippen LogP contribution < -0.4 is 5.32 Å². The molecule has 0 spiro atoms. The third-order valence-corrected chi connectivity index (χ3v) is 2.40. The summed E-state index contributed by atoms with van der Waals surface area (Å²) in [5.74, 6) is 0. The van der Waals surface area contributed by atoms with Crippen molar-refractivity contribution < 1.29 is 4.74 Å². The zero-order chi connectivity index (χ0) is 6.53. The molecule has 1 saturated heterocycles. The highest BCUT2D eigenvalue weighted by molar-refractivity contribution is 7.99. The molecule has 0 unspecified atom stereocenters. The van der Waals surface area contributed by atoms with Crippen LogP contribution in [0.3, 0.4) is 0 Å². The quantitative estimate of drug-likeness (QED) is 0.578. The zero-order valence-corrected chi connectivity index (χ0v) is 6.54. The van der Waals surface area contributed by atoms with Crippen molar-refractivity contribution >= 4 is 11.8 Å². The van der Waals surface area contributed by atoms with E-state index in [1.165, 1.54) is 0 Å². The lowest BCUT2D eigenvalue weighted by atomic mass is 10.4. The van der Waals surface area contributed by atoms with Crippen LogP contribution in [-0.4, -0.2) is 37.8 Å². The van der Waals surface area contributed by atoms with Crippen LogP contribution in [-0.2, 0) is 4.74 Å². The van der Waals surface area contributed by atoms with Crippen molar-refractivity contribution in [3.05, 3.63) is 0 Å². The molecule has 1 aliphatic rings. The summed E-state index contributed by atoms with van der Waals surface area (Å²) in [7, 11) is 0. The molecular weight excluding hydrogens is 134 g/mol. The molecule has 1 aliphatic heterocycles. The molecule has 0 bridgehead atoms. The van der Waals surface area contributed by atoms with Gasteiger partial charge in [-0.1, -0.05) is 0 Å². The number of nitrogens with one attached hydrogen (secondary N) is 1. The number of hydrogen-bond acceptors (Lipinski definition) is 3. The van der Waals surface area contributed by atoms with Crippen LogP contribution in [0.25, 0.3) is 0 Å². The lowest BCUT2D eigenvalue weighted by molar-refractivity contribution is 0.154. The molecule has 1 heterocycles. The van der Waals surface area contributed by atoms with Gasteiger partial charge in [-0.05, 0) is 6.26 Å². The zero-order valence-electron chi connectivity index (χ0n) is 5.72. The van der Waals surface area contributed by atoms with Crippen molar-refractivity contribution in [2.24, 2.45) is 0 Å². The number of thioether (sulfide) groups is 1. The number of ether oxygens (including phenoxy) is 1. The summed E-state index contributed by atoms with van der Waals surface area (Å²) in [5, 5.41) is 3.96. The first kappa shape index (κ1) is 7.38. The predicted molar refractivity (Wildman–Crippen MR) is 41.0 cm³/mol. The van der Waals surface area contributed by atoms with E-state index in [0.29, 0.717) is 5.25 Å². The summed E-state index contributed by atoms with van der Waals surface area (Å²) in [6, 6.07) is 0. The van der Waals surface area contributed by atoms with Crippen LogP contribution >= 0.6 is 11.8 Å². The minimum absolute atomic E-state index is 0.660. The molecule has 1 rings (SSSR count). The second-order valence-electron chi connectivity index (χ2n) is 2.14. The molecule has 1 atom stereocenters. The summed E-state index contributed by atoms with van der Waals surface area (Å²) in [6.45, 7) is 3.89. The second kappa shape index (κ2) is 4.14. The van der Waals surface area contributed by atoms with Gasteiger partial charge in [0.1, 0.15) is 0 Å². The lowest BCUT2D eigenvalue weighted by Crippen LogP contribution is -2.24. The molecule has 9 heavy (non-hydrogen) atoms. The van der Waals surface area contributed by atoms with E-state index >= 15 is 0 Å². The predicted octanol–water partition coefficient (Wildman–Crippen LogP) is 0.338. The SMILES string of the molecule is CS[C@@H]1CNCCOC1. The molecule has 3 heteroatoms. The Hall–Kier alpha value is 0.270. The lowest BCUT2D eigenvalue weighted by Gasteiger charge is -2.08. The molecule has 0 amide bonds. The monoisotopic (exact) mass is 147 g/mol. The average molecular weight is 147 g/mol. The summed E-state index contributed by atoms with van der Waals surface area (Å²) < 4.78 is 5.31. The van der Waals surface area contributed by atoms with Crippen molar-refractivity contribution in [1.82, 2.24) is 5.32 Å². The van der Waals surface area contributed by atoms with Gasteiger partial charge >= 0.3 is 0 Å². The molecule has 0 radical (unpaired) electrons. The third kappa shape index (κ3) is 2.56. The minimum atomic E-state index is 0.660. The number of rotatable bonds is 1. The first-order valence-electron chi connectivity index (χ1n) is 3.24. The van der Waals surface area contributed by atoms with Crippen LogP contribution in [0, 0.1) is 0 Å². The Morgan fingerprint density at radius 2 is 2.56 bits per heavy atom. The Kier molecular flexibility index (Phi) is 3.40. The molecule has 0 aliphatic carbocycles. The molecule has 0 aromatic carbocycles. The Labute approximate surface area is 60.3 Å². The summed E-state index contributed by atoms with van der Waals surface area (Å²) in [5.41, 5.74) is 0. The van der Waals surface area contributed by atoms with Gasteiger partial charge < -0.3 is 10.1 Å². The Morgan fingerprint density at radius 1 is 1.67 bits per heavy atom. The van der Waals surface area contributed by atoms with Gasteiger partial charge in [0.2, 0.25) is 0 Å². The summed E-state index contributed by atoms with van der Waals surface area (Å²) >= 11 is 1.87. The summed E-state index contributed by atoms with van der Waals surface area (Å²) in [4.78, 5) is 0. The molecule has 0 aromatic heterocycles. The topological polar surface area (TPSA) is 21.3 Å². The van der Waals surface area contributed by atoms with Crippen molar-refractivity contribution in [3.8, 4) is 0 Å². The Morgan fingerprint density at radius 3 is 3.33 bits per heavy atom. The van der Waals surface area contributed by atoms with E-state index in [0.717, 1.165) is 26.3 Å². The van der Waals surface area contributed by atoms with E-state index in [2.05, 4.69) is 11.6 Å². The fraction of sp³-hybridized carbons (Fsp3) is 1.00. The van der Waals surface area contributed by atoms with Gasteiger partial charge in [0.25, 0.3) is 0 Å². The average Bonchev–Trinajstić information content (AvgIpc) is 2.13. The Balaban J connectivity index is 2.18. The first-order valence-corrected chi connectivity index (χ1v) is 4.53. The second-order valence-corrected chi connectivity index (χ2v) is 3.27. The highest BCUT2D eigenvalue weighted by Crippen LogP contribution is 2.06. The maximum Gasteiger partial charge on any atom is 0.0597 e. The van der Waals surface area contributed by atoms with Gasteiger partial charge in [-0.25, -0.2) is 0 Å². The van der Waals surface area contributed by atoms with Crippen LogP contribution in [0.15, 0.2) is 0 Å². The van der Waals surface area contributed by atoms with Crippen molar-refractivity contribution in [2.45, 2.75) is 5.25 Å². The van der Waals surface area contributed by atoms with Crippen molar-refractivity contribution in [3.63, 3.8) is 0 Å². The van der Waals surface area contributed by atoms with Crippen LogP contribution in [0.4, 0.5) is 0 Å². The fourth-order valence-corrected chi connectivity index (χ4v) is 1.35. The van der Waals surface area contributed by atoms with Crippen LogP contribution in [0.2, 0.25) is 0 Å². The van der Waals surface area contributed by atoms with Gasteiger partial charge in [0.05, 0.1) is 13.2 Å². The molecule has 0 saturated carbocycles. The highest BCUT2D eigenvalue weighted by Gasteiger charge is 2.08. The van der Waals surface area contributed by atoms with Gasteiger partial charge in [-0.15, -0.1) is 0 Å².